The van der Waals surface area contributed by atoms with Crippen molar-refractivity contribution in [2.45, 2.75) is 50.3 Å². The molecule has 1 aromatic carbocycles. The predicted molar refractivity (Wildman–Crippen MR) is 119 cm³/mol. The van der Waals surface area contributed by atoms with Crippen molar-refractivity contribution in [1.29, 1.82) is 0 Å². The second-order valence-electron chi connectivity index (χ2n) is 8.72. The zero-order chi connectivity index (χ0) is 22.9. The molecule has 0 spiro atoms. The minimum Gasteiger partial charge on any atom is -0.326 e. The summed E-state index contributed by atoms with van der Waals surface area (Å²) in [7, 11) is -3.61. The van der Waals surface area contributed by atoms with E-state index >= 15 is 0 Å². The molecule has 0 aromatic heterocycles. The number of hydrogen-bond donors (Lipinski definition) is 1. The number of piperidine rings is 1. The van der Waals surface area contributed by atoms with Gasteiger partial charge in [-0.15, -0.1) is 0 Å². The molecule has 3 aliphatic rings. The molecule has 172 valence electrons. The Labute approximate surface area is 188 Å². The molecule has 0 unspecified atom stereocenters. The van der Waals surface area contributed by atoms with E-state index in [1.165, 1.54) is 15.3 Å². The summed E-state index contributed by atoms with van der Waals surface area (Å²) in [5, 5.41) is 2.76. The molecule has 0 radical (unpaired) electrons. The Bertz CT molecular complexity index is 1030. The summed E-state index contributed by atoms with van der Waals surface area (Å²) in [5.74, 6) is -1.40. The van der Waals surface area contributed by atoms with Gasteiger partial charge in [0.15, 0.2) is 0 Å². The number of hydrogen-bond acceptors (Lipinski definition) is 5. The van der Waals surface area contributed by atoms with Gasteiger partial charge >= 0.3 is 0 Å². The normalized spacial score (nSPS) is 24.0. The maximum atomic E-state index is 13.0. The van der Waals surface area contributed by atoms with Crippen molar-refractivity contribution in [3.8, 4) is 0 Å². The average Bonchev–Trinajstić information content (AvgIpc) is 3.04. The highest BCUT2D eigenvalue weighted by Crippen LogP contribution is 2.35. The number of fused-ring (bicyclic) bond motifs is 1. The molecule has 3 amide bonds. The van der Waals surface area contributed by atoms with E-state index in [0.717, 1.165) is 24.8 Å². The highest BCUT2D eigenvalue weighted by atomic mass is 32.2. The lowest BCUT2D eigenvalue weighted by Gasteiger charge is -2.26. The van der Waals surface area contributed by atoms with E-state index in [1.807, 2.05) is 12.2 Å². The number of nitrogens with zero attached hydrogens (tertiary/aromatic N) is 2. The number of amides is 3. The molecule has 4 rings (SSSR count). The first-order chi connectivity index (χ1) is 15.3. The summed E-state index contributed by atoms with van der Waals surface area (Å²) in [6, 6.07) is 4.73. The van der Waals surface area contributed by atoms with E-state index < -0.39 is 10.0 Å². The van der Waals surface area contributed by atoms with E-state index in [0.29, 0.717) is 31.6 Å². The minimum atomic E-state index is -3.61. The Morgan fingerprint density at radius 1 is 1.03 bits per heavy atom. The lowest BCUT2D eigenvalue weighted by atomic mass is 9.85. The quantitative estimate of drug-likeness (QED) is 0.520. The molecule has 2 aliphatic heterocycles. The van der Waals surface area contributed by atoms with Crippen LogP contribution in [0, 0.1) is 18.8 Å². The standard InChI is InChI=1S/C23H29N3O5S/c1-16-9-10-17(32(30,31)25-12-5-2-6-13-25)15-20(16)24-21(27)11-14-26-22(28)18-7-3-4-8-19(18)23(26)29/h3-4,9-10,15,18-19H,2,5-8,11-14H2,1H3,(H,24,27)/t18-,19+. The minimum absolute atomic E-state index is 0.0291. The number of nitrogens with one attached hydrogen (secondary N) is 1. The summed E-state index contributed by atoms with van der Waals surface area (Å²) in [5.41, 5.74) is 1.16. The first-order valence-corrected chi connectivity index (χ1v) is 12.6. The van der Waals surface area contributed by atoms with E-state index in [9.17, 15) is 22.8 Å². The second kappa shape index (κ2) is 9.15. The van der Waals surface area contributed by atoms with Crippen LogP contribution < -0.4 is 5.32 Å². The van der Waals surface area contributed by atoms with Crippen LogP contribution in [0.25, 0.3) is 0 Å². The third kappa shape index (κ3) is 4.36. The summed E-state index contributed by atoms with van der Waals surface area (Å²) >= 11 is 0. The van der Waals surface area contributed by atoms with Gasteiger partial charge in [0, 0.05) is 31.7 Å². The summed E-state index contributed by atoms with van der Waals surface area (Å²) in [6.07, 6.45) is 7.67. The summed E-state index contributed by atoms with van der Waals surface area (Å²) < 4.78 is 27.4. The molecule has 1 N–H and O–H groups in total. The van der Waals surface area contributed by atoms with Crippen LogP contribution in [0.5, 0.6) is 0 Å². The van der Waals surface area contributed by atoms with Crippen LogP contribution in [0.4, 0.5) is 5.69 Å². The number of aryl methyl sites for hydroxylation is 1. The maximum absolute atomic E-state index is 13.0. The molecule has 2 heterocycles. The molecule has 0 bridgehead atoms. The van der Waals surface area contributed by atoms with Crippen LogP contribution in [0.1, 0.15) is 44.1 Å². The maximum Gasteiger partial charge on any atom is 0.243 e. The smallest absolute Gasteiger partial charge is 0.243 e. The van der Waals surface area contributed by atoms with Crippen LogP contribution >= 0.6 is 0 Å². The van der Waals surface area contributed by atoms with Crippen molar-refractivity contribution in [1.82, 2.24) is 9.21 Å². The lowest BCUT2D eigenvalue weighted by molar-refractivity contribution is -0.140. The molecule has 0 saturated carbocycles. The SMILES string of the molecule is Cc1ccc(S(=O)(=O)N2CCCCC2)cc1NC(=O)CCN1C(=O)[C@H]2CC=CC[C@H]2C1=O. The summed E-state index contributed by atoms with van der Waals surface area (Å²) in [6.45, 7) is 2.83. The van der Waals surface area contributed by atoms with Crippen molar-refractivity contribution < 1.29 is 22.8 Å². The fourth-order valence-electron chi connectivity index (χ4n) is 4.67. The van der Waals surface area contributed by atoms with Gasteiger partial charge < -0.3 is 5.32 Å². The van der Waals surface area contributed by atoms with Crippen LogP contribution in [-0.4, -0.2) is 55.0 Å². The zero-order valence-electron chi connectivity index (χ0n) is 18.2. The van der Waals surface area contributed by atoms with Gasteiger partial charge in [-0.05, 0) is 50.3 Å². The molecule has 8 nitrogen and oxygen atoms in total. The molecule has 2 atom stereocenters. The molecule has 9 heteroatoms. The van der Waals surface area contributed by atoms with Crippen LogP contribution in [0.2, 0.25) is 0 Å². The molecule has 2 fully saturated rings. The zero-order valence-corrected chi connectivity index (χ0v) is 19.1. The van der Waals surface area contributed by atoms with Gasteiger partial charge in [-0.1, -0.05) is 24.6 Å². The van der Waals surface area contributed by atoms with Gasteiger partial charge in [0.2, 0.25) is 27.7 Å². The molecule has 1 aliphatic carbocycles. The van der Waals surface area contributed by atoms with E-state index in [4.69, 9.17) is 0 Å². The molecule has 1 aromatic rings. The van der Waals surface area contributed by atoms with Gasteiger partial charge in [0.05, 0.1) is 16.7 Å². The largest absolute Gasteiger partial charge is 0.326 e. The highest BCUT2D eigenvalue weighted by molar-refractivity contribution is 7.89. The third-order valence-electron chi connectivity index (χ3n) is 6.60. The Hall–Kier alpha value is -2.52. The van der Waals surface area contributed by atoms with Crippen LogP contribution in [-0.2, 0) is 24.4 Å². The molecular formula is C23H29N3O5S. The Morgan fingerprint density at radius 3 is 2.28 bits per heavy atom. The molecule has 2 saturated heterocycles. The fraction of sp³-hybridized carbons (Fsp3) is 0.522. The first-order valence-electron chi connectivity index (χ1n) is 11.2. The van der Waals surface area contributed by atoms with Gasteiger partial charge in [0.25, 0.3) is 0 Å². The van der Waals surface area contributed by atoms with Crippen molar-refractivity contribution in [3.05, 3.63) is 35.9 Å². The highest BCUT2D eigenvalue weighted by Gasteiger charge is 2.46. The van der Waals surface area contributed by atoms with Crippen LogP contribution in [0.15, 0.2) is 35.2 Å². The van der Waals surface area contributed by atoms with Gasteiger partial charge in [-0.25, -0.2) is 8.42 Å². The van der Waals surface area contributed by atoms with E-state index in [1.54, 1.807) is 19.1 Å². The first kappa shape index (κ1) is 22.7. The monoisotopic (exact) mass is 459 g/mol. The number of allylic oxidation sites excluding steroid dienone is 2. The van der Waals surface area contributed by atoms with E-state index in [2.05, 4.69) is 5.32 Å². The van der Waals surface area contributed by atoms with Crippen molar-refractivity contribution >= 4 is 33.4 Å². The van der Waals surface area contributed by atoms with Gasteiger partial charge in [-0.2, -0.15) is 4.31 Å². The number of imide groups is 1. The third-order valence-corrected chi connectivity index (χ3v) is 8.49. The second-order valence-corrected chi connectivity index (χ2v) is 10.7. The Morgan fingerprint density at radius 2 is 1.66 bits per heavy atom. The number of sulfonamides is 1. The fourth-order valence-corrected chi connectivity index (χ4v) is 6.21. The van der Waals surface area contributed by atoms with Gasteiger partial charge in [-0.3, -0.25) is 19.3 Å². The van der Waals surface area contributed by atoms with Gasteiger partial charge in [0.1, 0.15) is 0 Å². The average molecular weight is 460 g/mol. The number of likely N-dealkylation sites (tertiary alicyclic amines) is 1. The number of carbonyl (C=O) groups is 3. The molecule has 32 heavy (non-hydrogen) atoms. The van der Waals surface area contributed by atoms with Crippen molar-refractivity contribution in [2.24, 2.45) is 11.8 Å². The Balaban J connectivity index is 1.41. The number of rotatable bonds is 6. The number of benzene rings is 1. The lowest BCUT2D eigenvalue weighted by Crippen LogP contribution is -2.35. The topological polar surface area (TPSA) is 104 Å². The predicted octanol–water partition coefficient (Wildman–Crippen LogP) is 2.45. The molecular weight excluding hydrogens is 430 g/mol. The Kier molecular flexibility index (Phi) is 6.48. The number of anilines is 1. The van der Waals surface area contributed by atoms with Crippen LogP contribution in [0.3, 0.4) is 0 Å². The van der Waals surface area contributed by atoms with Crippen molar-refractivity contribution in [3.63, 3.8) is 0 Å². The number of carbonyl (C=O) groups excluding carboxylic acids is 3. The van der Waals surface area contributed by atoms with Crippen molar-refractivity contribution in [2.75, 3.05) is 25.0 Å². The van der Waals surface area contributed by atoms with E-state index in [-0.39, 0.29) is 47.4 Å². The summed E-state index contributed by atoms with van der Waals surface area (Å²) in [4.78, 5) is 39.0.